The van der Waals surface area contributed by atoms with Gasteiger partial charge in [-0.25, -0.2) is 0 Å². The van der Waals surface area contributed by atoms with Crippen LogP contribution in [0.3, 0.4) is 0 Å². The molecule has 2 heterocycles. The van der Waals surface area contributed by atoms with Crippen LogP contribution >= 0.6 is 0 Å². The lowest BCUT2D eigenvalue weighted by atomic mass is 10.0. The highest BCUT2D eigenvalue weighted by molar-refractivity contribution is 5.80. The zero-order valence-corrected chi connectivity index (χ0v) is 14.1. The molecule has 1 saturated heterocycles. The lowest BCUT2D eigenvalue weighted by Crippen LogP contribution is -2.34. The maximum absolute atomic E-state index is 12.1. The maximum atomic E-state index is 12.1. The SMILES string of the molecule is COCc1ccc(CN[C@@H]2CC(=O)N(C)[C@H]2c2cccnc2)cc1. The topological polar surface area (TPSA) is 54.5 Å². The van der Waals surface area contributed by atoms with Gasteiger partial charge in [0.25, 0.3) is 0 Å². The first-order chi connectivity index (χ1) is 11.7. The first-order valence-corrected chi connectivity index (χ1v) is 8.14. The summed E-state index contributed by atoms with van der Waals surface area (Å²) in [6.45, 7) is 1.36. The van der Waals surface area contributed by atoms with E-state index in [4.69, 9.17) is 4.74 Å². The van der Waals surface area contributed by atoms with Crippen LogP contribution in [0.4, 0.5) is 0 Å². The van der Waals surface area contributed by atoms with E-state index in [1.165, 1.54) is 5.56 Å². The summed E-state index contributed by atoms with van der Waals surface area (Å²) in [6, 6.07) is 12.4. The number of carbonyl (C=O) groups excluding carboxylic acids is 1. The van der Waals surface area contributed by atoms with Gasteiger partial charge in [-0.05, 0) is 22.8 Å². The molecule has 1 aromatic heterocycles. The van der Waals surface area contributed by atoms with Crippen molar-refractivity contribution in [3.8, 4) is 0 Å². The fourth-order valence-electron chi connectivity index (χ4n) is 3.23. The van der Waals surface area contributed by atoms with Gasteiger partial charge in [0.2, 0.25) is 5.91 Å². The van der Waals surface area contributed by atoms with E-state index in [2.05, 4.69) is 34.6 Å². The summed E-state index contributed by atoms with van der Waals surface area (Å²) in [6.07, 6.45) is 4.11. The van der Waals surface area contributed by atoms with Crippen molar-refractivity contribution in [2.24, 2.45) is 0 Å². The molecule has 2 atom stereocenters. The number of rotatable bonds is 6. The van der Waals surface area contributed by atoms with Crippen molar-refractivity contribution in [1.29, 1.82) is 0 Å². The zero-order chi connectivity index (χ0) is 16.9. The molecule has 0 spiro atoms. The second kappa shape index (κ2) is 7.55. The second-order valence-corrected chi connectivity index (χ2v) is 6.18. The third kappa shape index (κ3) is 3.63. The van der Waals surface area contributed by atoms with Crippen molar-refractivity contribution in [3.63, 3.8) is 0 Å². The molecular weight excluding hydrogens is 302 g/mol. The van der Waals surface area contributed by atoms with Crippen molar-refractivity contribution in [1.82, 2.24) is 15.2 Å². The zero-order valence-electron chi connectivity index (χ0n) is 14.1. The minimum absolute atomic E-state index is 0.0268. The average molecular weight is 325 g/mol. The number of likely N-dealkylation sites (N-methyl/N-ethyl adjacent to an activating group) is 1. The summed E-state index contributed by atoms with van der Waals surface area (Å²) >= 11 is 0. The number of pyridine rings is 1. The highest BCUT2D eigenvalue weighted by Crippen LogP contribution is 2.31. The van der Waals surface area contributed by atoms with Crippen molar-refractivity contribution >= 4 is 5.91 Å². The van der Waals surface area contributed by atoms with Gasteiger partial charge in [0, 0.05) is 45.6 Å². The number of hydrogen-bond acceptors (Lipinski definition) is 4. The Morgan fingerprint density at radius 1 is 1.25 bits per heavy atom. The summed E-state index contributed by atoms with van der Waals surface area (Å²) in [4.78, 5) is 18.2. The smallest absolute Gasteiger partial charge is 0.224 e. The number of ether oxygens (including phenoxy) is 1. The van der Waals surface area contributed by atoms with Crippen LogP contribution in [0.15, 0.2) is 48.8 Å². The molecule has 1 aliphatic heterocycles. The van der Waals surface area contributed by atoms with Crippen LogP contribution in [0.2, 0.25) is 0 Å². The fourth-order valence-corrected chi connectivity index (χ4v) is 3.23. The number of nitrogens with zero attached hydrogens (tertiary/aromatic N) is 2. The van der Waals surface area contributed by atoms with Crippen LogP contribution < -0.4 is 5.32 Å². The number of nitrogens with one attached hydrogen (secondary N) is 1. The molecule has 0 unspecified atom stereocenters. The molecule has 126 valence electrons. The lowest BCUT2D eigenvalue weighted by Gasteiger charge is -2.25. The first kappa shape index (κ1) is 16.6. The van der Waals surface area contributed by atoms with Crippen LogP contribution in [0, 0.1) is 0 Å². The molecule has 5 heteroatoms. The van der Waals surface area contributed by atoms with E-state index >= 15 is 0 Å². The minimum atomic E-state index is 0.0268. The standard InChI is InChI=1S/C19H23N3O2/c1-22-18(23)10-17(19(22)16-4-3-9-20-12-16)21-11-14-5-7-15(8-6-14)13-24-2/h3-9,12,17,19,21H,10-11,13H2,1-2H3/t17-,19+/m1/s1. The van der Waals surface area contributed by atoms with Gasteiger partial charge < -0.3 is 15.0 Å². The van der Waals surface area contributed by atoms with Crippen molar-refractivity contribution in [2.45, 2.75) is 31.7 Å². The van der Waals surface area contributed by atoms with E-state index in [0.717, 1.165) is 17.7 Å². The Hall–Kier alpha value is -2.24. The third-order valence-electron chi connectivity index (χ3n) is 4.51. The lowest BCUT2D eigenvalue weighted by molar-refractivity contribution is -0.127. The highest BCUT2D eigenvalue weighted by Gasteiger charge is 2.38. The average Bonchev–Trinajstić information content (AvgIpc) is 2.90. The molecule has 24 heavy (non-hydrogen) atoms. The van der Waals surface area contributed by atoms with Gasteiger partial charge in [-0.3, -0.25) is 9.78 Å². The van der Waals surface area contributed by atoms with Gasteiger partial charge in [0.1, 0.15) is 0 Å². The molecule has 1 aromatic carbocycles. The number of amides is 1. The van der Waals surface area contributed by atoms with E-state index in [1.54, 1.807) is 13.3 Å². The van der Waals surface area contributed by atoms with E-state index in [9.17, 15) is 4.79 Å². The van der Waals surface area contributed by atoms with E-state index in [0.29, 0.717) is 13.0 Å². The number of hydrogen-bond donors (Lipinski definition) is 1. The summed E-state index contributed by atoms with van der Waals surface area (Å²) in [5, 5.41) is 3.54. The van der Waals surface area contributed by atoms with Gasteiger partial charge in [-0.2, -0.15) is 0 Å². The Morgan fingerprint density at radius 3 is 2.67 bits per heavy atom. The van der Waals surface area contributed by atoms with Gasteiger partial charge in [-0.1, -0.05) is 30.3 Å². The first-order valence-electron chi connectivity index (χ1n) is 8.14. The van der Waals surface area contributed by atoms with Crippen LogP contribution in [0.5, 0.6) is 0 Å². The van der Waals surface area contributed by atoms with Gasteiger partial charge in [-0.15, -0.1) is 0 Å². The van der Waals surface area contributed by atoms with E-state index < -0.39 is 0 Å². The Balaban J connectivity index is 1.68. The predicted octanol–water partition coefficient (Wildman–Crippen LogP) is 2.29. The van der Waals surface area contributed by atoms with Crippen molar-refractivity contribution in [2.75, 3.05) is 14.2 Å². The second-order valence-electron chi connectivity index (χ2n) is 6.18. The minimum Gasteiger partial charge on any atom is -0.380 e. The monoisotopic (exact) mass is 325 g/mol. The van der Waals surface area contributed by atoms with Crippen LogP contribution in [0.1, 0.15) is 29.2 Å². The summed E-state index contributed by atoms with van der Waals surface area (Å²) in [5.41, 5.74) is 3.42. The van der Waals surface area contributed by atoms with Crippen LogP contribution in [-0.2, 0) is 22.7 Å². The van der Waals surface area contributed by atoms with Gasteiger partial charge in [0.05, 0.1) is 12.6 Å². The number of aromatic nitrogens is 1. The highest BCUT2D eigenvalue weighted by atomic mass is 16.5. The van der Waals surface area contributed by atoms with E-state index in [1.807, 2.05) is 30.3 Å². The summed E-state index contributed by atoms with van der Waals surface area (Å²) < 4.78 is 5.13. The molecule has 1 fully saturated rings. The molecule has 3 rings (SSSR count). The molecule has 1 aliphatic rings. The Bertz CT molecular complexity index is 673. The van der Waals surface area contributed by atoms with E-state index in [-0.39, 0.29) is 18.0 Å². The number of carbonyl (C=O) groups is 1. The van der Waals surface area contributed by atoms with Crippen molar-refractivity contribution < 1.29 is 9.53 Å². The summed E-state index contributed by atoms with van der Waals surface area (Å²) in [5.74, 6) is 0.164. The number of benzene rings is 1. The predicted molar refractivity (Wildman–Crippen MR) is 92.1 cm³/mol. The fraction of sp³-hybridized carbons (Fsp3) is 0.368. The maximum Gasteiger partial charge on any atom is 0.224 e. The summed E-state index contributed by atoms with van der Waals surface area (Å²) in [7, 11) is 3.56. The van der Waals surface area contributed by atoms with Crippen molar-refractivity contribution in [3.05, 3.63) is 65.5 Å². The molecule has 1 amide bonds. The molecule has 5 nitrogen and oxygen atoms in total. The van der Waals surface area contributed by atoms with Crippen LogP contribution in [0.25, 0.3) is 0 Å². The van der Waals surface area contributed by atoms with Gasteiger partial charge >= 0.3 is 0 Å². The molecule has 1 N–H and O–H groups in total. The molecule has 0 saturated carbocycles. The largest absolute Gasteiger partial charge is 0.380 e. The molecule has 0 aliphatic carbocycles. The Kier molecular flexibility index (Phi) is 5.23. The molecule has 2 aromatic rings. The quantitative estimate of drug-likeness (QED) is 0.885. The van der Waals surface area contributed by atoms with Crippen LogP contribution in [-0.4, -0.2) is 36.0 Å². The molecular formula is C19H23N3O2. The number of methoxy groups -OCH3 is 1. The normalized spacial score (nSPS) is 20.6. The Labute approximate surface area is 142 Å². The molecule has 0 bridgehead atoms. The Morgan fingerprint density at radius 2 is 2.00 bits per heavy atom. The van der Waals surface area contributed by atoms with Gasteiger partial charge in [0.15, 0.2) is 0 Å². The molecule has 0 radical (unpaired) electrons. The third-order valence-corrected chi connectivity index (χ3v) is 4.51. The number of likely N-dealkylation sites (tertiary alicyclic amines) is 1.